The van der Waals surface area contributed by atoms with Crippen LogP contribution < -0.4 is 10.2 Å². The molecule has 2 heterocycles. The molecule has 4 rings (SSSR count). The second-order valence-electron chi connectivity index (χ2n) is 5.85. The number of aromatic nitrogens is 4. The van der Waals surface area contributed by atoms with E-state index in [1.807, 2.05) is 50.2 Å². The van der Waals surface area contributed by atoms with Crippen LogP contribution in [0.3, 0.4) is 0 Å². The van der Waals surface area contributed by atoms with Gasteiger partial charge in [0, 0.05) is 16.5 Å². The van der Waals surface area contributed by atoms with Gasteiger partial charge in [0.1, 0.15) is 11.3 Å². The molecule has 0 unspecified atom stereocenters. The van der Waals surface area contributed by atoms with Gasteiger partial charge >= 0.3 is 0 Å². The SMILES string of the molecule is CCOc1ccccc1/C=N/Nc1nnc2c(n1)[nH]c1ccc(C)cc12. The minimum absolute atomic E-state index is 0.325. The Kier molecular flexibility index (Phi) is 4.18. The molecule has 26 heavy (non-hydrogen) atoms. The van der Waals surface area contributed by atoms with Crippen LogP contribution in [-0.2, 0) is 0 Å². The highest BCUT2D eigenvalue weighted by Gasteiger charge is 2.09. The van der Waals surface area contributed by atoms with Crippen molar-refractivity contribution in [2.45, 2.75) is 13.8 Å². The van der Waals surface area contributed by atoms with Crippen molar-refractivity contribution < 1.29 is 4.74 Å². The average molecular weight is 346 g/mol. The number of nitrogens with one attached hydrogen (secondary N) is 2. The average Bonchev–Trinajstić information content (AvgIpc) is 3.00. The number of benzene rings is 2. The zero-order valence-electron chi connectivity index (χ0n) is 14.5. The molecule has 130 valence electrons. The number of aryl methyl sites for hydroxylation is 1. The molecule has 0 aliphatic carbocycles. The predicted molar refractivity (Wildman–Crippen MR) is 103 cm³/mol. The van der Waals surface area contributed by atoms with Gasteiger partial charge in [-0.3, -0.25) is 0 Å². The Labute approximate surface area is 150 Å². The largest absolute Gasteiger partial charge is 0.493 e. The lowest BCUT2D eigenvalue weighted by molar-refractivity contribution is 0.340. The molecular formula is C19H18N6O. The molecule has 2 N–H and O–H groups in total. The van der Waals surface area contributed by atoms with E-state index in [1.54, 1.807) is 6.21 Å². The van der Waals surface area contributed by atoms with Crippen LogP contribution in [0.25, 0.3) is 22.1 Å². The summed E-state index contributed by atoms with van der Waals surface area (Å²) in [5.41, 5.74) is 7.27. The Morgan fingerprint density at radius 2 is 2.08 bits per heavy atom. The van der Waals surface area contributed by atoms with E-state index in [2.05, 4.69) is 36.8 Å². The van der Waals surface area contributed by atoms with Crippen LogP contribution in [-0.4, -0.2) is 33.0 Å². The molecule has 0 bridgehead atoms. The molecular weight excluding hydrogens is 328 g/mol. The number of para-hydroxylation sites is 1. The van der Waals surface area contributed by atoms with Crippen molar-refractivity contribution in [1.82, 2.24) is 20.2 Å². The number of rotatable bonds is 5. The quantitative estimate of drug-likeness (QED) is 0.425. The summed E-state index contributed by atoms with van der Waals surface area (Å²) >= 11 is 0. The van der Waals surface area contributed by atoms with Gasteiger partial charge in [0.25, 0.3) is 5.95 Å². The Bertz CT molecular complexity index is 1100. The van der Waals surface area contributed by atoms with E-state index in [-0.39, 0.29) is 0 Å². The van der Waals surface area contributed by atoms with Crippen molar-refractivity contribution in [3.63, 3.8) is 0 Å². The standard InChI is InChI=1S/C19H18N6O/c1-3-26-16-7-5-4-6-13(16)11-20-24-19-22-18-17(23-25-19)14-10-12(2)8-9-15(14)21-18/h4-11H,3H2,1-2H3,(H2,21,22,24,25)/b20-11+. The lowest BCUT2D eigenvalue weighted by Crippen LogP contribution is -2.00. The maximum Gasteiger partial charge on any atom is 0.265 e. The van der Waals surface area contributed by atoms with Gasteiger partial charge in [-0.2, -0.15) is 10.1 Å². The lowest BCUT2D eigenvalue weighted by Gasteiger charge is -2.05. The zero-order chi connectivity index (χ0) is 17.9. The third-order valence-corrected chi connectivity index (χ3v) is 3.96. The van der Waals surface area contributed by atoms with Crippen molar-refractivity contribution in [3.05, 3.63) is 53.6 Å². The highest BCUT2D eigenvalue weighted by atomic mass is 16.5. The number of hydrogen-bond donors (Lipinski definition) is 2. The molecule has 0 fully saturated rings. The Morgan fingerprint density at radius 3 is 2.96 bits per heavy atom. The Morgan fingerprint density at radius 1 is 1.19 bits per heavy atom. The highest BCUT2D eigenvalue weighted by molar-refractivity contribution is 6.03. The first-order valence-electron chi connectivity index (χ1n) is 8.38. The first-order chi connectivity index (χ1) is 12.7. The molecule has 0 aliphatic heterocycles. The van der Waals surface area contributed by atoms with E-state index in [9.17, 15) is 0 Å². The van der Waals surface area contributed by atoms with E-state index in [0.717, 1.165) is 27.7 Å². The summed E-state index contributed by atoms with van der Waals surface area (Å²) in [4.78, 5) is 7.70. The molecule has 0 radical (unpaired) electrons. The molecule has 2 aromatic heterocycles. The van der Waals surface area contributed by atoms with Gasteiger partial charge in [0.05, 0.1) is 12.8 Å². The van der Waals surface area contributed by atoms with E-state index in [4.69, 9.17) is 4.74 Å². The molecule has 0 aliphatic rings. The van der Waals surface area contributed by atoms with E-state index in [0.29, 0.717) is 18.2 Å². The molecule has 0 amide bonds. The fourth-order valence-corrected chi connectivity index (χ4v) is 2.77. The molecule has 2 aromatic carbocycles. The third-order valence-electron chi connectivity index (χ3n) is 3.96. The van der Waals surface area contributed by atoms with Crippen LogP contribution in [0.4, 0.5) is 5.95 Å². The summed E-state index contributed by atoms with van der Waals surface area (Å²) in [6.45, 7) is 4.59. The first-order valence-corrected chi connectivity index (χ1v) is 8.38. The van der Waals surface area contributed by atoms with Crippen LogP contribution in [0.15, 0.2) is 47.6 Å². The normalized spacial score (nSPS) is 11.5. The van der Waals surface area contributed by atoms with Crippen molar-refractivity contribution in [2.24, 2.45) is 5.10 Å². The van der Waals surface area contributed by atoms with Gasteiger partial charge in [-0.15, -0.1) is 10.2 Å². The Balaban J connectivity index is 1.59. The van der Waals surface area contributed by atoms with Gasteiger partial charge in [0.2, 0.25) is 0 Å². The van der Waals surface area contributed by atoms with Crippen molar-refractivity contribution in [3.8, 4) is 5.75 Å². The summed E-state index contributed by atoms with van der Waals surface area (Å²) in [6.07, 6.45) is 1.67. The third kappa shape index (κ3) is 3.06. The second kappa shape index (κ2) is 6.79. The summed E-state index contributed by atoms with van der Waals surface area (Å²) in [5, 5.41) is 13.6. The fraction of sp³-hybridized carbons (Fsp3) is 0.158. The molecule has 0 atom stereocenters. The van der Waals surface area contributed by atoms with Crippen molar-refractivity contribution in [2.75, 3.05) is 12.0 Å². The van der Waals surface area contributed by atoms with Crippen LogP contribution in [0.2, 0.25) is 0 Å². The van der Waals surface area contributed by atoms with E-state index >= 15 is 0 Å². The summed E-state index contributed by atoms with van der Waals surface area (Å²) < 4.78 is 5.57. The summed E-state index contributed by atoms with van der Waals surface area (Å²) in [5.74, 6) is 1.10. The van der Waals surface area contributed by atoms with E-state index < -0.39 is 0 Å². The number of aromatic amines is 1. The highest BCUT2D eigenvalue weighted by Crippen LogP contribution is 2.23. The van der Waals surface area contributed by atoms with Crippen LogP contribution in [0.5, 0.6) is 5.75 Å². The number of hydrogen-bond acceptors (Lipinski definition) is 6. The summed E-state index contributed by atoms with van der Waals surface area (Å²) in [6, 6.07) is 13.8. The van der Waals surface area contributed by atoms with Gasteiger partial charge in [-0.25, -0.2) is 5.43 Å². The monoisotopic (exact) mass is 346 g/mol. The number of anilines is 1. The molecule has 4 aromatic rings. The maximum absolute atomic E-state index is 5.57. The van der Waals surface area contributed by atoms with Crippen LogP contribution in [0, 0.1) is 6.92 Å². The van der Waals surface area contributed by atoms with E-state index in [1.165, 1.54) is 5.56 Å². The first kappa shape index (κ1) is 16.0. The van der Waals surface area contributed by atoms with Gasteiger partial charge in [-0.05, 0) is 38.1 Å². The van der Waals surface area contributed by atoms with Crippen LogP contribution >= 0.6 is 0 Å². The number of H-pyrrole nitrogens is 1. The number of hydrazone groups is 1. The van der Waals surface area contributed by atoms with Crippen LogP contribution in [0.1, 0.15) is 18.1 Å². The predicted octanol–water partition coefficient (Wildman–Crippen LogP) is 3.66. The van der Waals surface area contributed by atoms with Crippen molar-refractivity contribution in [1.29, 1.82) is 0 Å². The maximum atomic E-state index is 5.57. The minimum atomic E-state index is 0.325. The molecule has 0 saturated heterocycles. The molecule has 7 heteroatoms. The summed E-state index contributed by atoms with van der Waals surface area (Å²) in [7, 11) is 0. The molecule has 0 spiro atoms. The Hall–Kier alpha value is -3.48. The van der Waals surface area contributed by atoms with Crippen molar-refractivity contribution >= 4 is 34.2 Å². The number of nitrogens with zero attached hydrogens (tertiary/aromatic N) is 4. The number of ether oxygens (including phenoxy) is 1. The lowest BCUT2D eigenvalue weighted by atomic mass is 10.2. The minimum Gasteiger partial charge on any atom is -0.493 e. The number of fused-ring (bicyclic) bond motifs is 3. The molecule has 0 saturated carbocycles. The smallest absolute Gasteiger partial charge is 0.265 e. The zero-order valence-corrected chi connectivity index (χ0v) is 14.5. The molecule has 7 nitrogen and oxygen atoms in total. The topological polar surface area (TPSA) is 88.1 Å². The van der Waals surface area contributed by atoms with Gasteiger partial charge < -0.3 is 9.72 Å². The van der Waals surface area contributed by atoms with Gasteiger partial charge in [0.15, 0.2) is 5.65 Å². The second-order valence-corrected chi connectivity index (χ2v) is 5.85. The van der Waals surface area contributed by atoms with Gasteiger partial charge in [-0.1, -0.05) is 23.8 Å². The fourth-order valence-electron chi connectivity index (χ4n) is 2.77.